The van der Waals surface area contributed by atoms with E-state index in [0.29, 0.717) is 37.2 Å². The predicted molar refractivity (Wildman–Crippen MR) is 103 cm³/mol. The molecular weight excluding hydrogens is 384 g/mol. The van der Waals surface area contributed by atoms with E-state index in [2.05, 4.69) is 0 Å². The highest BCUT2D eigenvalue weighted by Crippen LogP contribution is 2.32. The number of carbonyl (C=O) groups is 2. The molecule has 1 heterocycles. The third kappa shape index (κ3) is 4.09. The van der Waals surface area contributed by atoms with Gasteiger partial charge in [-0.3, -0.25) is 9.69 Å². The zero-order valence-electron chi connectivity index (χ0n) is 16.4. The zero-order valence-corrected chi connectivity index (χ0v) is 17.2. The van der Waals surface area contributed by atoms with Crippen LogP contribution in [0.25, 0.3) is 0 Å². The van der Waals surface area contributed by atoms with Gasteiger partial charge in [-0.2, -0.15) is 0 Å². The molecule has 1 aromatic rings. The van der Waals surface area contributed by atoms with E-state index in [1.54, 1.807) is 19.2 Å². The minimum atomic E-state index is -3.19. The Hall–Kier alpha value is -2.29. The Bertz CT molecular complexity index is 869. The van der Waals surface area contributed by atoms with Crippen LogP contribution in [-0.2, 0) is 21.2 Å². The standard InChI is InChI=1S/C19H26N2O6S/c1-26-16-8-7-13(9-17(16)27-2)11-20-12-18(22)21(19(20)23)14-5-4-6-15(10-14)28(3,24)25/h7-9,14-15H,4-6,10-12H2,1-3H3. The summed E-state index contributed by atoms with van der Waals surface area (Å²) in [5.74, 6) is 0.869. The van der Waals surface area contributed by atoms with Crippen LogP contribution in [0.4, 0.5) is 4.79 Å². The molecule has 0 bridgehead atoms. The van der Waals surface area contributed by atoms with Crippen LogP contribution in [0, 0.1) is 0 Å². The Kier molecular flexibility index (Phi) is 5.83. The highest BCUT2D eigenvalue weighted by Gasteiger charge is 2.43. The van der Waals surface area contributed by atoms with Crippen molar-refractivity contribution in [2.24, 2.45) is 0 Å². The van der Waals surface area contributed by atoms with Gasteiger partial charge in [-0.15, -0.1) is 0 Å². The molecule has 2 atom stereocenters. The Morgan fingerprint density at radius 3 is 2.46 bits per heavy atom. The first-order valence-electron chi connectivity index (χ1n) is 9.25. The van der Waals surface area contributed by atoms with Gasteiger partial charge < -0.3 is 14.4 Å². The fourth-order valence-corrected chi connectivity index (χ4v) is 5.16. The van der Waals surface area contributed by atoms with Crippen LogP contribution in [-0.4, -0.2) is 68.5 Å². The molecule has 9 heteroatoms. The molecule has 3 rings (SSSR count). The van der Waals surface area contributed by atoms with E-state index >= 15 is 0 Å². The predicted octanol–water partition coefficient (Wildman–Crippen LogP) is 1.82. The van der Waals surface area contributed by atoms with Crippen LogP contribution in [0.5, 0.6) is 11.5 Å². The summed E-state index contributed by atoms with van der Waals surface area (Å²) in [6.07, 6.45) is 3.46. The number of nitrogens with zero attached hydrogens (tertiary/aromatic N) is 2. The van der Waals surface area contributed by atoms with Crippen molar-refractivity contribution in [2.75, 3.05) is 27.0 Å². The molecule has 1 aromatic carbocycles. The third-order valence-corrected chi connectivity index (χ3v) is 7.10. The quantitative estimate of drug-likeness (QED) is 0.664. The average Bonchev–Trinajstić information content (AvgIpc) is 2.94. The van der Waals surface area contributed by atoms with Crippen molar-refractivity contribution in [1.29, 1.82) is 0 Å². The second-order valence-corrected chi connectivity index (χ2v) is 9.69. The van der Waals surface area contributed by atoms with E-state index in [0.717, 1.165) is 5.56 Å². The smallest absolute Gasteiger partial charge is 0.327 e. The summed E-state index contributed by atoms with van der Waals surface area (Å²) in [4.78, 5) is 28.2. The number of ether oxygens (including phenoxy) is 2. The Morgan fingerprint density at radius 2 is 1.82 bits per heavy atom. The van der Waals surface area contributed by atoms with Crippen LogP contribution >= 0.6 is 0 Å². The van der Waals surface area contributed by atoms with Crippen LogP contribution in [0.3, 0.4) is 0 Å². The Labute approximate surface area is 165 Å². The molecule has 2 fully saturated rings. The van der Waals surface area contributed by atoms with Crippen LogP contribution < -0.4 is 9.47 Å². The molecule has 1 aliphatic carbocycles. The summed E-state index contributed by atoms with van der Waals surface area (Å²) in [7, 11) is -0.104. The largest absolute Gasteiger partial charge is 0.493 e. The maximum atomic E-state index is 12.9. The number of hydrogen-bond acceptors (Lipinski definition) is 6. The molecular formula is C19H26N2O6S. The lowest BCUT2D eigenvalue weighted by Crippen LogP contribution is -2.45. The molecule has 2 aliphatic rings. The van der Waals surface area contributed by atoms with E-state index in [-0.39, 0.29) is 31.1 Å². The van der Waals surface area contributed by atoms with Crippen molar-refractivity contribution < 1.29 is 27.5 Å². The highest BCUT2D eigenvalue weighted by molar-refractivity contribution is 7.91. The number of urea groups is 1. The first-order chi connectivity index (χ1) is 13.2. The fraction of sp³-hybridized carbons (Fsp3) is 0.579. The molecule has 1 saturated heterocycles. The summed E-state index contributed by atoms with van der Waals surface area (Å²) in [6, 6.07) is 4.64. The van der Waals surface area contributed by atoms with Crippen LogP contribution in [0.1, 0.15) is 31.2 Å². The lowest BCUT2D eigenvalue weighted by Gasteiger charge is -2.33. The molecule has 1 saturated carbocycles. The van der Waals surface area contributed by atoms with Crippen molar-refractivity contribution in [2.45, 2.75) is 43.5 Å². The first-order valence-corrected chi connectivity index (χ1v) is 11.2. The average molecular weight is 410 g/mol. The number of carbonyl (C=O) groups excluding carboxylic acids is 2. The van der Waals surface area contributed by atoms with Gasteiger partial charge in [0.05, 0.1) is 19.5 Å². The number of methoxy groups -OCH3 is 2. The van der Waals surface area contributed by atoms with E-state index in [1.165, 1.54) is 23.2 Å². The molecule has 154 valence electrons. The number of hydrogen-bond donors (Lipinski definition) is 0. The summed E-state index contributed by atoms with van der Waals surface area (Å²) in [5, 5.41) is -0.494. The second-order valence-electron chi connectivity index (χ2n) is 7.36. The molecule has 8 nitrogen and oxygen atoms in total. The van der Waals surface area contributed by atoms with Gasteiger partial charge in [0.2, 0.25) is 0 Å². The number of imide groups is 1. The topological polar surface area (TPSA) is 93.2 Å². The molecule has 0 radical (unpaired) electrons. The Balaban J connectivity index is 1.73. The van der Waals surface area contributed by atoms with Gasteiger partial charge in [-0.25, -0.2) is 13.2 Å². The normalized spacial score (nSPS) is 23.2. The Morgan fingerprint density at radius 1 is 1.11 bits per heavy atom. The van der Waals surface area contributed by atoms with E-state index < -0.39 is 15.1 Å². The van der Waals surface area contributed by atoms with Crippen molar-refractivity contribution >= 4 is 21.8 Å². The molecule has 0 N–H and O–H groups in total. The van der Waals surface area contributed by atoms with Gasteiger partial charge in [0.15, 0.2) is 11.5 Å². The SMILES string of the molecule is COc1ccc(CN2CC(=O)N(C3CCCC(S(C)(=O)=O)C3)C2=O)cc1OC. The van der Waals surface area contributed by atoms with Gasteiger partial charge in [-0.05, 0) is 37.0 Å². The number of sulfone groups is 1. The highest BCUT2D eigenvalue weighted by atomic mass is 32.2. The molecule has 3 amide bonds. The molecule has 28 heavy (non-hydrogen) atoms. The maximum Gasteiger partial charge on any atom is 0.327 e. The summed E-state index contributed by atoms with van der Waals surface area (Å²) in [5.41, 5.74) is 0.818. The first kappa shape index (κ1) is 20.4. The monoisotopic (exact) mass is 410 g/mol. The van der Waals surface area contributed by atoms with Crippen molar-refractivity contribution in [3.8, 4) is 11.5 Å². The van der Waals surface area contributed by atoms with Gasteiger partial charge in [-0.1, -0.05) is 12.5 Å². The lowest BCUT2D eigenvalue weighted by molar-refractivity contribution is -0.127. The number of benzene rings is 1. The zero-order chi connectivity index (χ0) is 20.5. The molecule has 1 aliphatic heterocycles. The maximum absolute atomic E-state index is 12.9. The van der Waals surface area contributed by atoms with Crippen LogP contribution in [0.15, 0.2) is 18.2 Å². The third-order valence-electron chi connectivity index (χ3n) is 5.46. The summed E-state index contributed by atoms with van der Waals surface area (Å²) >= 11 is 0. The minimum absolute atomic E-state index is 0.00673. The summed E-state index contributed by atoms with van der Waals surface area (Å²) in [6.45, 7) is 0.261. The van der Waals surface area contributed by atoms with Gasteiger partial charge in [0.1, 0.15) is 16.4 Å². The second kappa shape index (κ2) is 7.98. The van der Waals surface area contributed by atoms with Crippen molar-refractivity contribution in [3.63, 3.8) is 0 Å². The fourth-order valence-electron chi connectivity index (χ4n) is 3.99. The molecule has 0 spiro atoms. The number of rotatable bonds is 6. The summed E-state index contributed by atoms with van der Waals surface area (Å²) < 4.78 is 34.3. The number of amides is 3. The van der Waals surface area contributed by atoms with E-state index in [1.807, 2.05) is 6.07 Å². The van der Waals surface area contributed by atoms with Gasteiger partial charge >= 0.3 is 6.03 Å². The van der Waals surface area contributed by atoms with Gasteiger partial charge in [0.25, 0.3) is 5.91 Å². The minimum Gasteiger partial charge on any atom is -0.493 e. The lowest BCUT2D eigenvalue weighted by atomic mass is 9.94. The van der Waals surface area contributed by atoms with E-state index in [9.17, 15) is 18.0 Å². The molecule has 2 unspecified atom stereocenters. The van der Waals surface area contributed by atoms with E-state index in [4.69, 9.17) is 9.47 Å². The van der Waals surface area contributed by atoms with Crippen LogP contribution in [0.2, 0.25) is 0 Å². The molecule has 0 aromatic heterocycles. The van der Waals surface area contributed by atoms with Crippen molar-refractivity contribution in [3.05, 3.63) is 23.8 Å². The van der Waals surface area contributed by atoms with Crippen molar-refractivity contribution in [1.82, 2.24) is 9.80 Å². The van der Waals surface area contributed by atoms with Gasteiger partial charge in [0, 0.05) is 18.8 Å².